The van der Waals surface area contributed by atoms with E-state index in [1.54, 1.807) is 0 Å². The number of aromatic nitrogens is 4. The Hall–Kier alpha value is -1.19. The molecule has 0 radical (unpaired) electrons. The predicted octanol–water partition coefficient (Wildman–Crippen LogP) is -2.49. The number of rotatable bonds is 3. The summed E-state index contributed by atoms with van der Waals surface area (Å²) in [6.45, 7) is -0.140. The average molecular weight is 322 g/mol. The molecule has 2 aromatic rings. The molecule has 2 aromatic heterocycles. The van der Waals surface area contributed by atoms with Gasteiger partial charge in [0.2, 0.25) is 0 Å². The van der Waals surface area contributed by atoms with Crippen LogP contribution in [0.2, 0.25) is 0 Å². The summed E-state index contributed by atoms with van der Waals surface area (Å²) in [5.74, 6) is 0. The first kappa shape index (κ1) is 17.8. The second kappa shape index (κ2) is 8.84. The number of hydrogen-bond donors (Lipinski definition) is 5. The van der Waals surface area contributed by atoms with Gasteiger partial charge in [-0.15, -0.1) is 0 Å². The Morgan fingerprint density at radius 3 is 2.58 bits per heavy atom. The van der Waals surface area contributed by atoms with Crippen LogP contribution >= 0.6 is 0 Å². The molecule has 0 aromatic carbocycles. The Labute approximate surface area is 120 Å². The zero-order chi connectivity index (χ0) is 13.5. The molecule has 100 valence electrons. The van der Waals surface area contributed by atoms with E-state index in [9.17, 15) is 4.79 Å². The SMILES string of the molecule is O=c1[nH]cnc2[n-]cnc12.O[CH-][C@H](O)[C@H](O)CO.[Zn+2]. The Balaban J connectivity index is 0.000000335. The quantitative estimate of drug-likeness (QED) is 0.307. The van der Waals surface area contributed by atoms with Crippen molar-refractivity contribution in [2.75, 3.05) is 6.61 Å². The number of nitrogens with one attached hydrogen (secondary N) is 1. The van der Waals surface area contributed by atoms with Crippen LogP contribution in [0.5, 0.6) is 0 Å². The summed E-state index contributed by atoms with van der Waals surface area (Å²) >= 11 is 0. The van der Waals surface area contributed by atoms with Crippen LogP contribution in [-0.2, 0) is 19.5 Å². The number of imidazole rings is 1. The predicted molar refractivity (Wildman–Crippen MR) is 58.8 cm³/mol. The van der Waals surface area contributed by atoms with Gasteiger partial charge in [0.25, 0.3) is 5.56 Å². The van der Waals surface area contributed by atoms with E-state index >= 15 is 0 Å². The molecule has 19 heavy (non-hydrogen) atoms. The van der Waals surface area contributed by atoms with Crippen molar-refractivity contribution in [3.8, 4) is 0 Å². The molecular formula is C9H12N4O5Zn. The van der Waals surface area contributed by atoms with Crippen molar-refractivity contribution in [1.82, 2.24) is 19.9 Å². The van der Waals surface area contributed by atoms with Gasteiger partial charge in [-0.3, -0.25) is 4.79 Å². The molecule has 10 heteroatoms. The van der Waals surface area contributed by atoms with Crippen LogP contribution in [0.4, 0.5) is 0 Å². The van der Waals surface area contributed by atoms with E-state index in [-0.39, 0.29) is 25.0 Å². The zero-order valence-electron chi connectivity index (χ0n) is 9.84. The molecule has 2 atom stereocenters. The number of H-pyrrole nitrogens is 1. The molecule has 2 heterocycles. The molecule has 0 amide bonds. The number of nitrogens with zero attached hydrogens (tertiary/aromatic N) is 3. The van der Waals surface area contributed by atoms with Crippen molar-refractivity contribution in [1.29, 1.82) is 0 Å². The van der Waals surface area contributed by atoms with Gasteiger partial charge in [-0.05, 0) is 12.4 Å². The van der Waals surface area contributed by atoms with Gasteiger partial charge in [-0.1, -0.05) is 0 Å². The van der Waals surface area contributed by atoms with Gasteiger partial charge in [0, 0.05) is 12.0 Å². The summed E-state index contributed by atoms with van der Waals surface area (Å²) < 4.78 is 0. The molecule has 0 fully saturated rings. The van der Waals surface area contributed by atoms with Crippen LogP contribution < -0.4 is 10.5 Å². The third-order valence-electron chi connectivity index (χ3n) is 1.91. The molecule has 0 saturated carbocycles. The van der Waals surface area contributed by atoms with Gasteiger partial charge in [0.1, 0.15) is 0 Å². The summed E-state index contributed by atoms with van der Waals surface area (Å²) in [5, 5.41) is 32.9. The minimum atomic E-state index is -1.35. The third-order valence-corrected chi connectivity index (χ3v) is 1.91. The first-order valence-electron chi connectivity index (χ1n) is 4.85. The normalized spacial score (nSPS) is 13.1. The number of fused-ring (bicyclic) bond motifs is 1. The zero-order valence-corrected chi connectivity index (χ0v) is 12.8. The maximum atomic E-state index is 10.8. The number of aliphatic hydroxyl groups excluding tert-OH is 4. The third kappa shape index (κ3) is 5.13. The van der Waals surface area contributed by atoms with Crippen LogP contribution in [0.3, 0.4) is 0 Å². The van der Waals surface area contributed by atoms with Crippen LogP contribution in [0.1, 0.15) is 0 Å². The smallest absolute Gasteiger partial charge is 0.563 e. The van der Waals surface area contributed by atoms with Crippen molar-refractivity contribution in [3.05, 3.63) is 29.6 Å². The summed E-state index contributed by atoms with van der Waals surface area (Å²) in [7, 11) is 0. The first-order chi connectivity index (χ1) is 8.60. The summed E-state index contributed by atoms with van der Waals surface area (Å²) in [6, 6.07) is 0. The largest absolute Gasteiger partial charge is 2.00 e. The Kier molecular flexibility index (Phi) is 8.28. The van der Waals surface area contributed by atoms with E-state index < -0.39 is 18.8 Å². The van der Waals surface area contributed by atoms with Gasteiger partial charge >= 0.3 is 19.5 Å². The number of aliphatic hydroxyl groups is 4. The fraction of sp³-hybridized carbons (Fsp3) is 0.333. The molecule has 0 aliphatic rings. The molecule has 0 spiro atoms. The van der Waals surface area contributed by atoms with Crippen LogP contribution in [0.25, 0.3) is 11.2 Å². The van der Waals surface area contributed by atoms with Crippen LogP contribution in [-0.4, -0.2) is 54.2 Å². The second-order valence-corrected chi connectivity index (χ2v) is 3.17. The van der Waals surface area contributed by atoms with E-state index in [2.05, 4.69) is 19.9 Å². The summed E-state index contributed by atoms with van der Waals surface area (Å²) in [6.07, 6.45) is -0.00769. The molecular weight excluding hydrogens is 310 g/mol. The molecule has 0 aliphatic heterocycles. The van der Waals surface area contributed by atoms with Gasteiger partial charge in [-0.2, -0.15) is 6.61 Å². The molecule has 9 nitrogen and oxygen atoms in total. The molecule has 2 rings (SSSR count). The minimum absolute atomic E-state index is 0. The van der Waals surface area contributed by atoms with Crippen LogP contribution in [0.15, 0.2) is 17.4 Å². The van der Waals surface area contributed by atoms with E-state index in [0.29, 0.717) is 17.8 Å². The van der Waals surface area contributed by atoms with Crippen molar-refractivity contribution in [2.24, 2.45) is 0 Å². The monoisotopic (exact) mass is 320 g/mol. The van der Waals surface area contributed by atoms with Gasteiger partial charge in [0.05, 0.1) is 18.2 Å². The maximum Gasteiger partial charge on any atom is 2.00 e. The summed E-state index contributed by atoms with van der Waals surface area (Å²) in [5.41, 5.74) is 0.439. The van der Waals surface area contributed by atoms with E-state index in [1.165, 1.54) is 12.7 Å². The Morgan fingerprint density at radius 1 is 1.42 bits per heavy atom. The van der Waals surface area contributed by atoms with E-state index in [1.807, 2.05) is 0 Å². The molecule has 0 saturated heterocycles. The minimum Gasteiger partial charge on any atom is -0.563 e. The van der Waals surface area contributed by atoms with Gasteiger partial charge in [0.15, 0.2) is 0 Å². The van der Waals surface area contributed by atoms with Crippen molar-refractivity contribution in [3.63, 3.8) is 0 Å². The van der Waals surface area contributed by atoms with E-state index in [4.69, 9.17) is 20.4 Å². The average Bonchev–Trinajstić information content (AvgIpc) is 2.87. The van der Waals surface area contributed by atoms with Crippen LogP contribution in [0, 0.1) is 6.61 Å². The second-order valence-electron chi connectivity index (χ2n) is 3.17. The number of hydrogen-bond acceptors (Lipinski definition) is 7. The standard InChI is InChI=1S/C5H4N4O.C4H9O4.Zn/c10-5-3-4(7-1-6-3)8-2-9-5;5-1-3(7)4(8)2-6;/h1-2H,(H2,6,7,8,9,10);1,3-8H,2H2;/q;-1;+2/p-1/t;3-,4+;/m.0./s1. The Bertz CT molecular complexity index is 522. The molecule has 0 unspecified atom stereocenters. The van der Waals surface area contributed by atoms with Crippen molar-refractivity contribution >= 4 is 11.2 Å². The topological polar surface area (TPSA) is 154 Å². The number of aromatic amines is 1. The fourth-order valence-electron chi connectivity index (χ4n) is 0.943. The maximum absolute atomic E-state index is 10.8. The van der Waals surface area contributed by atoms with Gasteiger partial charge < -0.3 is 40.4 Å². The van der Waals surface area contributed by atoms with E-state index in [0.717, 1.165) is 0 Å². The molecule has 0 bridgehead atoms. The Morgan fingerprint density at radius 2 is 2.11 bits per heavy atom. The first-order valence-corrected chi connectivity index (χ1v) is 4.85. The molecule has 0 aliphatic carbocycles. The van der Waals surface area contributed by atoms with Crippen molar-refractivity contribution in [2.45, 2.75) is 12.2 Å². The van der Waals surface area contributed by atoms with Crippen molar-refractivity contribution < 1.29 is 39.9 Å². The summed E-state index contributed by atoms with van der Waals surface area (Å²) in [4.78, 5) is 24.4. The van der Waals surface area contributed by atoms with Gasteiger partial charge in [-0.25, -0.2) is 0 Å². The molecule has 5 N–H and O–H groups in total. The fourth-order valence-corrected chi connectivity index (χ4v) is 0.943.